The normalized spacial score (nSPS) is 48.3. The SMILES string of the molecule is O=S(=O)(O)OC[C@H]1OC(OC[C@H]2OC(O[C@]3(CO)O[C@H](CO)[C@@H](O)[C@@H]3O)[C@H](O)[C@@H](O)[C@@H]2O)[C@H](O)[C@@H](O)[C@H]1O. The summed E-state index contributed by atoms with van der Waals surface area (Å²) in [6, 6.07) is 0. The lowest BCUT2D eigenvalue weighted by Crippen LogP contribution is -2.63. The van der Waals surface area contributed by atoms with Gasteiger partial charge in [-0.05, 0) is 0 Å². The fourth-order valence-corrected chi connectivity index (χ4v) is 4.46. The monoisotopic (exact) mass is 584 g/mol. The van der Waals surface area contributed by atoms with E-state index in [-0.39, 0.29) is 0 Å². The fraction of sp³-hybridized carbons (Fsp3) is 1.00. The van der Waals surface area contributed by atoms with Crippen LogP contribution in [0.4, 0.5) is 0 Å². The lowest BCUT2D eigenvalue weighted by atomic mass is 9.98. The Hall–Kier alpha value is -0.730. The molecule has 3 fully saturated rings. The molecule has 3 aliphatic heterocycles. The van der Waals surface area contributed by atoms with Crippen molar-refractivity contribution in [3.63, 3.8) is 0 Å². The van der Waals surface area contributed by atoms with Gasteiger partial charge in [0.2, 0.25) is 5.79 Å². The van der Waals surface area contributed by atoms with Crippen molar-refractivity contribution in [3.05, 3.63) is 0 Å². The Labute approximate surface area is 214 Å². The van der Waals surface area contributed by atoms with Crippen molar-refractivity contribution >= 4 is 10.4 Å². The Morgan fingerprint density at radius 1 is 0.684 bits per heavy atom. The Kier molecular flexibility index (Phi) is 10.4. The van der Waals surface area contributed by atoms with E-state index in [0.717, 1.165) is 0 Å². The zero-order valence-corrected chi connectivity index (χ0v) is 20.2. The molecule has 0 aromatic heterocycles. The molecule has 3 aliphatic rings. The third-order valence-corrected chi connectivity index (χ3v) is 6.80. The molecule has 0 bridgehead atoms. The number of rotatable bonds is 10. The van der Waals surface area contributed by atoms with Gasteiger partial charge in [-0.25, -0.2) is 4.18 Å². The van der Waals surface area contributed by atoms with Crippen LogP contribution in [0, 0.1) is 0 Å². The topological polar surface area (TPSA) is 312 Å². The first-order valence-electron chi connectivity index (χ1n) is 11.2. The number of ether oxygens (including phenoxy) is 5. The Morgan fingerprint density at radius 2 is 1.21 bits per heavy atom. The largest absolute Gasteiger partial charge is 0.397 e. The van der Waals surface area contributed by atoms with Gasteiger partial charge in [0, 0.05) is 0 Å². The standard InChI is InChI=1S/C18H32O19S/c19-1-5-10(23)15(28)18(4-20,36-5)37-17-14(27)12(25)8(21)6(35-17)2-32-16-13(26)11(24)9(22)7(34-16)3-33-38(29,30)31/h5-17,19-28H,1-4H2,(H,29,30,31)/t5-,6-,7-,8-,9+,10-,11+,12+,13-,14-,15+,16?,17?,18+/m1/s1. The second kappa shape index (κ2) is 12.4. The van der Waals surface area contributed by atoms with Gasteiger partial charge in [-0.15, -0.1) is 0 Å². The first-order valence-corrected chi connectivity index (χ1v) is 12.6. The van der Waals surface area contributed by atoms with Crippen LogP contribution in [-0.2, 0) is 38.3 Å². The molecular weight excluding hydrogens is 552 g/mol. The molecule has 3 saturated heterocycles. The minimum atomic E-state index is -4.95. The number of aliphatic hydroxyl groups is 10. The predicted octanol–water partition coefficient (Wildman–Crippen LogP) is -7.74. The third kappa shape index (κ3) is 6.59. The first-order chi connectivity index (χ1) is 17.7. The second-order valence-corrected chi connectivity index (χ2v) is 10.0. The van der Waals surface area contributed by atoms with Gasteiger partial charge in [0.1, 0.15) is 73.8 Å². The summed E-state index contributed by atoms with van der Waals surface area (Å²) in [7, 11) is -4.95. The Bertz CT molecular complexity index is 876. The van der Waals surface area contributed by atoms with Crippen molar-refractivity contribution in [1.82, 2.24) is 0 Å². The molecule has 0 radical (unpaired) electrons. The molecule has 0 aromatic rings. The Balaban J connectivity index is 1.69. The van der Waals surface area contributed by atoms with Crippen LogP contribution in [-0.4, -0.2) is 176 Å². The summed E-state index contributed by atoms with van der Waals surface area (Å²) in [6.45, 7) is -3.64. The molecule has 0 aromatic carbocycles. The molecule has 0 spiro atoms. The van der Waals surface area contributed by atoms with Crippen LogP contribution in [0.25, 0.3) is 0 Å². The minimum absolute atomic E-state index is 0.765. The average Bonchev–Trinajstić information content (AvgIpc) is 3.11. The molecule has 2 unspecified atom stereocenters. The van der Waals surface area contributed by atoms with Gasteiger partial charge in [-0.3, -0.25) is 4.55 Å². The van der Waals surface area contributed by atoms with E-state index in [1.54, 1.807) is 0 Å². The molecule has 3 heterocycles. The van der Waals surface area contributed by atoms with Gasteiger partial charge in [0.25, 0.3) is 0 Å². The molecule has 14 atom stereocenters. The molecule has 38 heavy (non-hydrogen) atoms. The Morgan fingerprint density at radius 3 is 1.71 bits per heavy atom. The van der Waals surface area contributed by atoms with Crippen LogP contribution < -0.4 is 0 Å². The van der Waals surface area contributed by atoms with Gasteiger partial charge in [0.15, 0.2) is 12.6 Å². The summed E-state index contributed by atoms with van der Waals surface area (Å²) in [6.07, 6.45) is -23.6. The van der Waals surface area contributed by atoms with Crippen molar-refractivity contribution in [2.75, 3.05) is 26.4 Å². The van der Waals surface area contributed by atoms with E-state index in [9.17, 15) is 59.5 Å². The molecule has 0 aliphatic carbocycles. The number of hydrogen-bond acceptors (Lipinski definition) is 18. The van der Waals surface area contributed by atoms with E-state index in [1.165, 1.54) is 0 Å². The van der Waals surface area contributed by atoms with Gasteiger partial charge in [-0.1, -0.05) is 0 Å². The van der Waals surface area contributed by atoms with E-state index in [4.69, 9.17) is 28.2 Å². The van der Waals surface area contributed by atoms with Gasteiger partial charge in [-0.2, -0.15) is 8.42 Å². The van der Waals surface area contributed by atoms with E-state index < -0.39 is 122 Å². The highest BCUT2D eigenvalue weighted by Gasteiger charge is 2.58. The van der Waals surface area contributed by atoms with Gasteiger partial charge < -0.3 is 74.7 Å². The average molecular weight is 585 g/mol. The molecule has 0 amide bonds. The lowest BCUT2D eigenvalue weighted by molar-refractivity contribution is -0.388. The van der Waals surface area contributed by atoms with Gasteiger partial charge in [0.05, 0.1) is 19.8 Å². The highest BCUT2D eigenvalue weighted by Crippen LogP contribution is 2.36. The van der Waals surface area contributed by atoms with Crippen molar-refractivity contribution in [2.24, 2.45) is 0 Å². The van der Waals surface area contributed by atoms with Crippen molar-refractivity contribution in [2.45, 2.75) is 85.5 Å². The summed E-state index contributed by atoms with van der Waals surface area (Å²) in [4.78, 5) is 0. The summed E-state index contributed by atoms with van der Waals surface area (Å²) < 4.78 is 60.7. The summed E-state index contributed by atoms with van der Waals surface area (Å²) in [5.41, 5.74) is 0. The van der Waals surface area contributed by atoms with E-state index in [2.05, 4.69) is 4.18 Å². The molecule has 3 rings (SSSR count). The van der Waals surface area contributed by atoms with E-state index >= 15 is 0 Å². The summed E-state index contributed by atoms with van der Waals surface area (Å²) in [5, 5.41) is 100. The highest BCUT2D eigenvalue weighted by atomic mass is 32.3. The van der Waals surface area contributed by atoms with Crippen LogP contribution in [0.1, 0.15) is 0 Å². The van der Waals surface area contributed by atoms with Crippen LogP contribution >= 0.6 is 0 Å². The minimum Gasteiger partial charge on any atom is -0.394 e. The second-order valence-electron chi connectivity index (χ2n) is 8.94. The molecule has 20 heteroatoms. The third-order valence-electron chi connectivity index (χ3n) is 6.36. The lowest BCUT2D eigenvalue weighted by Gasteiger charge is -2.44. The predicted molar refractivity (Wildman–Crippen MR) is 112 cm³/mol. The van der Waals surface area contributed by atoms with Gasteiger partial charge >= 0.3 is 10.4 Å². The van der Waals surface area contributed by atoms with Crippen LogP contribution in [0.3, 0.4) is 0 Å². The molecule has 0 saturated carbocycles. The zero-order chi connectivity index (χ0) is 28.6. The first kappa shape index (κ1) is 31.8. The summed E-state index contributed by atoms with van der Waals surface area (Å²) >= 11 is 0. The van der Waals surface area contributed by atoms with Crippen LogP contribution in [0.2, 0.25) is 0 Å². The van der Waals surface area contributed by atoms with E-state index in [0.29, 0.717) is 0 Å². The zero-order valence-electron chi connectivity index (χ0n) is 19.4. The van der Waals surface area contributed by atoms with Crippen molar-refractivity contribution < 1.29 is 91.9 Å². The smallest absolute Gasteiger partial charge is 0.394 e. The van der Waals surface area contributed by atoms with Crippen LogP contribution in [0.15, 0.2) is 0 Å². The molecular formula is C18H32O19S. The summed E-state index contributed by atoms with van der Waals surface area (Å²) in [5.74, 6) is -2.42. The number of hydrogen-bond donors (Lipinski definition) is 11. The quantitative estimate of drug-likeness (QED) is 0.106. The van der Waals surface area contributed by atoms with Crippen LogP contribution in [0.5, 0.6) is 0 Å². The van der Waals surface area contributed by atoms with Crippen molar-refractivity contribution in [1.29, 1.82) is 0 Å². The maximum absolute atomic E-state index is 10.8. The van der Waals surface area contributed by atoms with Crippen molar-refractivity contribution in [3.8, 4) is 0 Å². The fourth-order valence-electron chi connectivity index (χ4n) is 4.15. The molecule has 11 N–H and O–H groups in total. The molecule has 19 nitrogen and oxygen atoms in total. The maximum Gasteiger partial charge on any atom is 0.397 e. The highest BCUT2D eigenvalue weighted by molar-refractivity contribution is 7.80. The van der Waals surface area contributed by atoms with E-state index in [1.807, 2.05) is 0 Å². The number of aliphatic hydroxyl groups excluding tert-OH is 10. The maximum atomic E-state index is 10.8. The molecule has 224 valence electrons.